The van der Waals surface area contributed by atoms with Gasteiger partial charge in [0, 0.05) is 18.6 Å². The number of halogens is 3. The highest BCUT2D eigenvalue weighted by Crippen LogP contribution is 2.46. The van der Waals surface area contributed by atoms with Crippen LogP contribution in [0.15, 0.2) is 18.6 Å². The van der Waals surface area contributed by atoms with Gasteiger partial charge in [0.15, 0.2) is 0 Å². The van der Waals surface area contributed by atoms with Crippen molar-refractivity contribution in [3.05, 3.63) is 24.3 Å². The lowest BCUT2D eigenvalue weighted by Crippen LogP contribution is -2.41. The molecule has 21 heavy (non-hydrogen) atoms. The largest absolute Gasteiger partial charge is 0.392 e. The highest BCUT2D eigenvalue weighted by Gasteiger charge is 2.48. The minimum Gasteiger partial charge on any atom is -0.308 e. The van der Waals surface area contributed by atoms with Gasteiger partial charge in [0.25, 0.3) is 0 Å². The summed E-state index contributed by atoms with van der Waals surface area (Å²) in [5.74, 6) is -1.70. The quantitative estimate of drug-likeness (QED) is 0.896. The van der Waals surface area contributed by atoms with E-state index in [9.17, 15) is 13.2 Å². The van der Waals surface area contributed by atoms with Crippen LogP contribution >= 0.6 is 0 Å². The molecule has 1 N–H and O–H groups in total. The molecular weight excluding hydrogens is 279 g/mol. The van der Waals surface area contributed by atoms with Crippen LogP contribution in [-0.4, -0.2) is 22.7 Å². The van der Waals surface area contributed by atoms with E-state index in [0.29, 0.717) is 25.1 Å². The molecule has 0 aromatic carbocycles. The Morgan fingerprint density at radius 1 is 1.29 bits per heavy atom. The van der Waals surface area contributed by atoms with Crippen molar-refractivity contribution in [1.82, 2.24) is 15.3 Å². The Hall–Kier alpha value is -1.17. The van der Waals surface area contributed by atoms with Gasteiger partial charge in [-0.2, -0.15) is 13.2 Å². The lowest BCUT2D eigenvalue weighted by atomic mass is 9.74. The van der Waals surface area contributed by atoms with Crippen LogP contribution in [0.5, 0.6) is 0 Å². The predicted octanol–water partition coefficient (Wildman–Crippen LogP) is 3.89. The van der Waals surface area contributed by atoms with Crippen LogP contribution in [0.25, 0.3) is 0 Å². The molecule has 3 unspecified atom stereocenters. The second kappa shape index (κ2) is 7.20. The fraction of sp³-hybridized carbons (Fsp3) is 0.733. The molecule has 1 aliphatic rings. The number of rotatable bonds is 5. The van der Waals surface area contributed by atoms with Crippen LogP contribution in [-0.2, 0) is 0 Å². The molecule has 1 aromatic heterocycles. The lowest BCUT2D eigenvalue weighted by Gasteiger charge is -2.38. The lowest BCUT2D eigenvalue weighted by molar-refractivity contribution is -0.199. The molecule has 1 aliphatic carbocycles. The van der Waals surface area contributed by atoms with Crippen molar-refractivity contribution in [3.8, 4) is 0 Å². The summed E-state index contributed by atoms with van der Waals surface area (Å²) in [5.41, 5.74) is 0.618. The zero-order chi connectivity index (χ0) is 15.3. The van der Waals surface area contributed by atoms with Crippen molar-refractivity contribution in [2.75, 3.05) is 6.54 Å². The summed E-state index contributed by atoms with van der Waals surface area (Å²) >= 11 is 0. The Bertz CT molecular complexity index is 422. The van der Waals surface area contributed by atoms with Crippen molar-refractivity contribution in [2.24, 2.45) is 11.8 Å². The maximum atomic E-state index is 13.3. The topological polar surface area (TPSA) is 37.8 Å². The zero-order valence-corrected chi connectivity index (χ0v) is 12.2. The van der Waals surface area contributed by atoms with E-state index >= 15 is 0 Å². The summed E-state index contributed by atoms with van der Waals surface area (Å²) in [6.07, 6.45) is 3.71. The van der Waals surface area contributed by atoms with E-state index in [1.807, 2.05) is 6.92 Å². The van der Waals surface area contributed by atoms with Crippen LogP contribution in [0.4, 0.5) is 13.2 Å². The average molecular weight is 301 g/mol. The molecule has 0 amide bonds. The monoisotopic (exact) mass is 301 g/mol. The normalized spacial score (nSPS) is 24.8. The van der Waals surface area contributed by atoms with Crippen LogP contribution in [0.2, 0.25) is 0 Å². The highest BCUT2D eigenvalue weighted by molar-refractivity contribution is 5.06. The summed E-state index contributed by atoms with van der Waals surface area (Å²) < 4.78 is 40.0. The Morgan fingerprint density at radius 3 is 2.67 bits per heavy atom. The molecule has 1 aromatic rings. The molecule has 0 bridgehead atoms. The van der Waals surface area contributed by atoms with Gasteiger partial charge in [-0.25, -0.2) is 0 Å². The van der Waals surface area contributed by atoms with Gasteiger partial charge in [-0.3, -0.25) is 9.97 Å². The van der Waals surface area contributed by atoms with Gasteiger partial charge in [-0.1, -0.05) is 19.8 Å². The summed E-state index contributed by atoms with van der Waals surface area (Å²) in [4.78, 5) is 8.24. The van der Waals surface area contributed by atoms with E-state index in [0.717, 1.165) is 12.8 Å². The van der Waals surface area contributed by atoms with Gasteiger partial charge in [0.1, 0.15) is 0 Å². The molecule has 0 saturated heterocycles. The molecule has 1 saturated carbocycles. The Kier molecular flexibility index (Phi) is 5.56. The molecule has 118 valence electrons. The fourth-order valence-electron chi connectivity index (χ4n) is 3.21. The number of alkyl halides is 3. The summed E-state index contributed by atoms with van der Waals surface area (Å²) in [7, 11) is 0. The first-order valence-corrected chi connectivity index (χ1v) is 7.60. The predicted molar refractivity (Wildman–Crippen MR) is 74.6 cm³/mol. The van der Waals surface area contributed by atoms with Crippen LogP contribution in [0.3, 0.4) is 0 Å². The van der Waals surface area contributed by atoms with E-state index in [1.54, 1.807) is 18.6 Å². The highest BCUT2D eigenvalue weighted by atomic mass is 19.4. The molecule has 6 heteroatoms. The Labute approximate surface area is 123 Å². The van der Waals surface area contributed by atoms with Crippen molar-refractivity contribution in [3.63, 3.8) is 0 Å². The maximum absolute atomic E-state index is 13.3. The molecule has 1 heterocycles. The van der Waals surface area contributed by atoms with E-state index < -0.39 is 18.0 Å². The van der Waals surface area contributed by atoms with Gasteiger partial charge < -0.3 is 5.32 Å². The first-order chi connectivity index (χ1) is 10.0. The fourth-order valence-corrected chi connectivity index (χ4v) is 3.21. The van der Waals surface area contributed by atoms with Crippen molar-refractivity contribution < 1.29 is 13.2 Å². The average Bonchev–Trinajstić information content (AvgIpc) is 2.48. The number of aromatic nitrogens is 2. The smallest absolute Gasteiger partial charge is 0.308 e. The second-order valence-electron chi connectivity index (χ2n) is 5.66. The number of hydrogen-bond acceptors (Lipinski definition) is 3. The maximum Gasteiger partial charge on any atom is 0.392 e. The minimum atomic E-state index is -4.14. The molecule has 0 radical (unpaired) electrons. The first kappa shape index (κ1) is 16.2. The van der Waals surface area contributed by atoms with Gasteiger partial charge in [0.2, 0.25) is 0 Å². The van der Waals surface area contributed by atoms with Crippen molar-refractivity contribution in [2.45, 2.75) is 51.2 Å². The number of nitrogens with zero attached hydrogens (tertiary/aromatic N) is 2. The zero-order valence-electron chi connectivity index (χ0n) is 12.2. The van der Waals surface area contributed by atoms with E-state index in [-0.39, 0.29) is 12.5 Å². The molecule has 0 aliphatic heterocycles. The molecule has 3 nitrogen and oxygen atoms in total. The Balaban J connectivity index is 2.25. The number of hydrogen-bond donors (Lipinski definition) is 1. The number of nitrogens with one attached hydrogen (secondary N) is 1. The molecule has 2 rings (SSSR count). The minimum absolute atomic E-state index is 0.221. The summed E-state index contributed by atoms with van der Waals surface area (Å²) in [5, 5.41) is 3.26. The van der Waals surface area contributed by atoms with E-state index in [4.69, 9.17) is 0 Å². The van der Waals surface area contributed by atoms with Gasteiger partial charge >= 0.3 is 6.18 Å². The first-order valence-electron chi connectivity index (χ1n) is 7.60. The van der Waals surface area contributed by atoms with E-state index in [1.165, 1.54) is 0 Å². The molecular formula is C15H22F3N3. The van der Waals surface area contributed by atoms with Crippen LogP contribution < -0.4 is 5.32 Å². The summed E-state index contributed by atoms with van der Waals surface area (Å²) in [6.45, 7) is 2.69. The standard InChI is InChI=1S/C15H22F3N3/c1-2-7-21-14(13-10-19-8-9-20-13)11-5-3-4-6-12(11)15(16,17)18/h8-12,14,21H,2-7H2,1H3. The van der Waals surface area contributed by atoms with Gasteiger partial charge in [-0.15, -0.1) is 0 Å². The third-order valence-corrected chi connectivity index (χ3v) is 4.18. The third kappa shape index (κ3) is 4.15. The molecule has 0 spiro atoms. The SMILES string of the molecule is CCCNC(c1cnccn1)C1CCCCC1C(F)(F)F. The van der Waals surface area contributed by atoms with Gasteiger partial charge in [0.05, 0.1) is 17.7 Å². The van der Waals surface area contributed by atoms with Crippen LogP contribution in [0, 0.1) is 11.8 Å². The molecule has 1 fully saturated rings. The Morgan fingerprint density at radius 2 is 2.05 bits per heavy atom. The van der Waals surface area contributed by atoms with Crippen molar-refractivity contribution in [1.29, 1.82) is 0 Å². The van der Waals surface area contributed by atoms with E-state index in [2.05, 4.69) is 15.3 Å². The second-order valence-corrected chi connectivity index (χ2v) is 5.66. The summed E-state index contributed by atoms with van der Waals surface area (Å²) in [6, 6.07) is -0.370. The molecule has 3 atom stereocenters. The van der Waals surface area contributed by atoms with Crippen molar-refractivity contribution >= 4 is 0 Å². The van der Waals surface area contributed by atoms with Crippen LogP contribution in [0.1, 0.15) is 50.8 Å². The third-order valence-electron chi connectivity index (χ3n) is 4.18. The van der Waals surface area contributed by atoms with Gasteiger partial charge in [-0.05, 0) is 31.7 Å².